The maximum atomic E-state index is 11.3. The minimum absolute atomic E-state index is 0.0401. The van der Waals surface area contributed by atoms with Gasteiger partial charge in [-0.2, -0.15) is 5.10 Å². The molecular formula is C24H32N4O2. The molecule has 2 aromatic carbocycles. The van der Waals surface area contributed by atoms with E-state index in [0.717, 1.165) is 5.56 Å². The quantitative estimate of drug-likeness (QED) is 0.589. The molecule has 0 amide bonds. The second kappa shape index (κ2) is 9.41. The summed E-state index contributed by atoms with van der Waals surface area (Å²) < 4.78 is 6.18. The number of benzene rings is 2. The minimum Gasteiger partial charge on any atom is -0.375 e. The van der Waals surface area contributed by atoms with Crippen molar-refractivity contribution in [2.45, 2.75) is 52.3 Å². The van der Waals surface area contributed by atoms with Crippen LogP contribution in [0, 0.1) is 6.92 Å². The first kappa shape index (κ1) is 22.0. The number of aryl methyl sites for hydroxylation is 1. The van der Waals surface area contributed by atoms with E-state index in [1.54, 1.807) is 0 Å². The SMILES string of the molecule is Cc1cc(COC[C@H](c2ccccc2)N(C)Cc2n[nH]c(=O)[nH]2)cc(C(C)(C)C)c1. The molecule has 160 valence electrons. The summed E-state index contributed by atoms with van der Waals surface area (Å²) >= 11 is 0. The zero-order valence-corrected chi connectivity index (χ0v) is 18.5. The van der Waals surface area contributed by atoms with Gasteiger partial charge in [0.2, 0.25) is 0 Å². The first-order chi connectivity index (χ1) is 14.2. The third kappa shape index (κ3) is 5.90. The number of aromatic nitrogens is 3. The molecule has 0 unspecified atom stereocenters. The zero-order chi connectivity index (χ0) is 21.7. The molecule has 0 radical (unpaired) electrons. The van der Waals surface area contributed by atoms with E-state index in [1.165, 1.54) is 16.7 Å². The number of H-pyrrole nitrogens is 2. The summed E-state index contributed by atoms with van der Waals surface area (Å²) in [5.41, 5.74) is 4.73. The summed E-state index contributed by atoms with van der Waals surface area (Å²) in [5, 5.41) is 6.45. The first-order valence-electron chi connectivity index (χ1n) is 10.3. The second-order valence-corrected chi connectivity index (χ2v) is 8.94. The predicted molar refractivity (Wildman–Crippen MR) is 119 cm³/mol. The Hall–Kier alpha value is -2.70. The smallest absolute Gasteiger partial charge is 0.340 e. The zero-order valence-electron chi connectivity index (χ0n) is 18.5. The van der Waals surface area contributed by atoms with Gasteiger partial charge in [-0.1, -0.05) is 74.9 Å². The van der Waals surface area contributed by atoms with Crippen molar-refractivity contribution < 1.29 is 4.74 Å². The lowest BCUT2D eigenvalue weighted by atomic mass is 9.85. The molecule has 1 heterocycles. The van der Waals surface area contributed by atoms with E-state index in [4.69, 9.17) is 4.74 Å². The molecule has 3 aromatic rings. The monoisotopic (exact) mass is 408 g/mol. The Labute approximate surface area is 178 Å². The number of hydrogen-bond acceptors (Lipinski definition) is 4. The number of ether oxygens (including phenoxy) is 1. The third-order valence-corrected chi connectivity index (χ3v) is 5.21. The lowest BCUT2D eigenvalue weighted by Crippen LogP contribution is -2.28. The molecule has 0 aliphatic rings. The lowest BCUT2D eigenvalue weighted by Gasteiger charge is -2.28. The van der Waals surface area contributed by atoms with Crippen LogP contribution in [0.4, 0.5) is 0 Å². The molecule has 1 atom stereocenters. The van der Waals surface area contributed by atoms with Crippen LogP contribution in [0.5, 0.6) is 0 Å². The summed E-state index contributed by atoms with van der Waals surface area (Å²) in [5.74, 6) is 0.608. The molecule has 2 N–H and O–H groups in total. The van der Waals surface area contributed by atoms with Crippen molar-refractivity contribution in [1.29, 1.82) is 0 Å². The Morgan fingerprint density at radius 2 is 1.87 bits per heavy atom. The highest BCUT2D eigenvalue weighted by Crippen LogP contribution is 2.26. The van der Waals surface area contributed by atoms with Gasteiger partial charge in [-0.25, -0.2) is 9.89 Å². The van der Waals surface area contributed by atoms with Gasteiger partial charge < -0.3 is 4.74 Å². The van der Waals surface area contributed by atoms with Crippen LogP contribution in [0.3, 0.4) is 0 Å². The molecule has 0 aliphatic carbocycles. The lowest BCUT2D eigenvalue weighted by molar-refractivity contribution is 0.0560. The Morgan fingerprint density at radius 1 is 1.13 bits per heavy atom. The van der Waals surface area contributed by atoms with Crippen LogP contribution in [0.25, 0.3) is 0 Å². The van der Waals surface area contributed by atoms with Crippen molar-refractivity contribution in [3.63, 3.8) is 0 Å². The molecular weight excluding hydrogens is 376 g/mol. The van der Waals surface area contributed by atoms with Crippen LogP contribution < -0.4 is 5.69 Å². The number of likely N-dealkylation sites (N-methyl/N-ethyl adjacent to an activating group) is 1. The minimum atomic E-state index is -0.292. The molecule has 6 heteroatoms. The van der Waals surface area contributed by atoms with E-state index >= 15 is 0 Å². The van der Waals surface area contributed by atoms with Crippen LogP contribution >= 0.6 is 0 Å². The largest absolute Gasteiger partial charge is 0.375 e. The standard InChI is InChI=1S/C24H32N4O2/c1-17-11-18(13-20(12-17)24(2,3)4)15-30-16-21(19-9-7-6-8-10-19)28(5)14-22-25-23(29)27-26-22/h6-13,21H,14-16H2,1-5H3,(H2,25,26,27,29)/t21-/m1/s1. The van der Waals surface area contributed by atoms with E-state index in [2.05, 4.69) is 78.1 Å². The number of rotatable bonds is 8. The number of nitrogens with one attached hydrogen (secondary N) is 2. The van der Waals surface area contributed by atoms with Crippen LogP contribution in [0.2, 0.25) is 0 Å². The average molecular weight is 409 g/mol. The molecule has 0 saturated carbocycles. The number of nitrogens with zero attached hydrogens (tertiary/aromatic N) is 2. The van der Waals surface area contributed by atoms with E-state index in [9.17, 15) is 4.79 Å². The van der Waals surface area contributed by atoms with Gasteiger partial charge in [0.1, 0.15) is 5.82 Å². The Kier molecular flexibility index (Phi) is 6.90. The van der Waals surface area contributed by atoms with Crippen LogP contribution in [-0.4, -0.2) is 33.7 Å². The Balaban J connectivity index is 1.71. The normalized spacial score (nSPS) is 13.0. The summed E-state index contributed by atoms with van der Waals surface area (Å²) in [6.07, 6.45) is 0. The fraction of sp³-hybridized carbons (Fsp3) is 0.417. The van der Waals surface area contributed by atoms with E-state index in [0.29, 0.717) is 25.6 Å². The molecule has 3 rings (SSSR count). The van der Waals surface area contributed by atoms with Gasteiger partial charge in [0, 0.05) is 0 Å². The topological polar surface area (TPSA) is 74.0 Å². The summed E-state index contributed by atoms with van der Waals surface area (Å²) in [4.78, 5) is 16.2. The summed E-state index contributed by atoms with van der Waals surface area (Å²) in [6.45, 7) is 10.4. The Bertz CT molecular complexity index is 1000. The van der Waals surface area contributed by atoms with Crippen molar-refractivity contribution in [1.82, 2.24) is 20.1 Å². The van der Waals surface area contributed by atoms with Crippen molar-refractivity contribution in [2.75, 3.05) is 13.7 Å². The van der Waals surface area contributed by atoms with Crippen LogP contribution in [-0.2, 0) is 23.3 Å². The maximum absolute atomic E-state index is 11.3. The highest BCUT2D eigenvalue weighted by atomic mass is 16.5. The van der Waals surface area contributed by atoms with Crippen molar-refractivity contribution in [3.8, 4) is 0 Å². The van der Waals surface area contributed by atoms with Gasteiger partial charge in [-0.15, -0.1) is 0 Å². The predicted octanol–water partition coefficient (Wildman–Crippen LogP) is 4.09. The summed E-state index contributed by atoms with van der Waals surface area (Å²) in [6, 6.07) is 17.0. The molecule has 30 heavy (non-hydrogen) atoms. The van der Waals surface area contributed by atoms with Gasteiger partial charge in [0.25, 0.3) is 0 Å². The van der Waals surface area contributed by atoms with Crippen molar-refractivity contribution in [3.05, 3.63) is 87.1 Å². The fourth-order valence-electron chi connectivity index (χ4n) is 3.55. The van der Waals surface area contributed by atoms with Gasteiger partial charge in [-0.3, -0.25) is 9.88 Å². The maximum Gasteiger partial charge on any atom is 0.340 e. The fourth-order valence-corrected chi connectivity index (χ4v) is 3.55. The molecule has 0 aliphatic heterocycles. The molecule has 0 spiro atoms. The second-order valence-electron chi connectivity index (χ2n) is 8.94. The number of hydrogen-bond donors (Lipinski definition) is 2. The molecule has 0 bridgehead atoms. The number of aromatic amines is 2. The van der Waals surface area contributed by atoms with Gasteiger partial charge in [-0.05, 0) is 36.1 Å². The average Bonchev–Trinajstić information content (AvgIpc) is 3.09. The Morgan fingerprint density at radius 3 is 2.50 bits per heavy atom. The van der Waals surface area contributed by atoms with Crippen molar-refractivity contribution in [2.24, 2.45) is 0 Å². The van der Waals surface area contributed by atoms with Gasteiger partial charge in [0.05, 0.1) is 25.8 Å². The van der Waals surface area contributed by atoms with E-state index in [-0.39, 0.29) is 17.1 Å². The molecule has 0 fully saturated rings. The molecule has 0 saturated heterocycles. The third-order valence-electron chi connectivity index (χ3n) is 5.21. The van der Waals surface area contributed by atoms with E-state index in [1.807, 2.05) is 25.2 Å². The highest BCUT2D eigenvalue weighted by Gasteiger charge is 2.19. The molecule has 1 aromatic heterocycles. The van der Waals surface area contributed by atoms with Crippen molar-refractivity contribution >= 4 is 0 Å². The van der Waals surface area contributed by atoms with Gasteiger partial charge >= 0.3 is 5.69 Å². The van der Waals surface area contributed by atoms with Crippen LogP contribution in [0.1, 0.15) is 54.9 Å². The highest BCUT2D eigenvalue weighted by molar-refractivity contribution is 5.33. The first-order valence-corrected chi connectivity index (χ1v) is 10.3. The summed E-state index contributed by atoms with van der Waals surface area (Å²) in [7, 11) is 2.01. The van der Waals surface area contributed by atoms with E-state index < -0.39 is 0 Å². The van der Waals surface area contributed by atoms with Crippen LogP contribution in [0.15, 0.2) is 53.3 Å². The van der Waals surface area contributed by atoms with Gasteiger partial charge in [0.15, 0.2) is 0 Å². The molecule has 6 nitrogen and oxygen atoms in total.